The fraction of sp³-hybridized carbons (Fsp3) is 0.562. The largest absolute Gasteiger partial charge is 0.461 e. The van der Waals surface area contributed by atoms with Gasteiger partial charge >= 0.3 is 5.97 Å². The van der Waals surface area contributed by atoms with E-state index in [0.29, 0.717) is 24.8 Å². The number of carbonyl (C=O) groups excluding carboxylic acids is 1. The molecule has 0 saturated heterocycles. The van der Waals surface area contributed by atoms with Crippen molar-refractivity contribution in [1.29, 1.82) is 0 Å². The van der Waals surface area contributed by atoms with Gasteiger partial charge in [0.2, 0.25) is 0 Å². The van der Waals surface area contributed by atoms with E-state index in [2.05, 4.69) is 19.2 Å². The van der Waals surface area contributed by atoms with E-state index >= 15 is 0 Å². The van der Waals surface area contributed by atoms with Crippen LogP contribution in [0, 0.1) is 0 Å². The molecule has 0 aromatic heterocycles. The summed E-state index contributed by atoms with van der Waals surface area (Å²) in [5.41, 5.74) is 0.610. The summed E-state index contributed by atoms with van der Waals surface area (Å²) < 4.78 is 5.20. The van der Waals surface area contributed by atoms with Crippen molar-refractivity contribution >= 4 is 5.97 Å². The normalized spacial score (nSPS) is 12.1. The standard InChI is InChI=1S/C16H25NO2/c1-3-4-6-9-14(2)17-12-13-19-16(18)15-10-7-5-8-11-15/h5,7-8,10-11,14,17H,3-4,6,9,12-13H2,1-2H3/t14-/m0/s1. The third kappa shape index (κ3) is 6.97. The van der Waals surface area contributed by atoms with Crippen molar-refractivity contribution in [2.24, 2.45) is 0 Å². The summed E-state index contributed by atoms with van der Waals surface area (Å²) in [4.78, 5) is 11.7. The first-order valence-corrected chi connectivity index (χ1v) is 7.19. The van der Waals surface area contributed by atoms with Gasteiger partial charge in [-0.05, 0) is 25.5 Å². The highest BCUT2D eigenvalue weighted by molar-refractivity contribution is 5.89. The predicted molar refractivity (Wildman–Crippen MR) is 78.3 cm³/mol. The van der Waals surface area contributed by atoms with Crippen LogP contribution < -0.4 is 5.32 Å². The van der Waals surface area contributed by atoms with E-state index in [1.54, 1.807) is 12.1 Å². The third-order valence-electron chi connectivity index (χ3n) is 3.08. The highest BCUT2D eigenvalue weighted by Gasteiger charge is 2.06. The molecule has 0 fully saturated rings. The number of hydrogen-bond acceptors (Lipinski definition) is 3. The first-order chi connectivity index (χ1) is 9.24. The fourth-order valence-electron chi connectivity index (χ4n) is 1.91. The number of nitrogens with one attached hydrogen (secondary N) is 1. The summed E-state index contributed by atoms with van der Waals surface area (Å²) in [5.74, 6) is -0.249. The third-order valence-corrected chi connectivity index (χ3v) is 3.08. The summed E-state index contributed by atoms with van der Waals surface area (Å²) in [6.07, 6.45) is 4.98. The summed E-state index contributed by atoms with van der Waals surface area (Å²) in [5, 5.41) is 3.37. The number of esters is 1. The minimum atomic E-state index is -0.249. The fourth-order valence-corrected chi connectivity index (χ4v) is 1.91. The van der Waals surface area contributed by atoms with Crippen molar-refractivity contribution in [2.45, 2.75) is 45.6 Å². The van der Waals surface area contributed by atoms with Crippen LogP contribution in [0.1, 0.15) is 49.9 Å². The number of hydrogen-bond donors (Lipinski definition) is 1. The van der Waals surface area contributed by atoms with E-state index in [9.17, 15) is 4.79 Å². The lowest BCUT2D eigenvalue weighted by Crippen LogP contribution is -2.30. The molecule has 106 valence electrons. The van der Waals surface area contributed by atoms with Crippen LogP contribution in [0.25, 0.3) is 0 Å². The Morgan fingerprint density at radius 1 is 1.26 bits per heavy atom. The van der Waals surface area contributed by atoms with Gasteiger partial charge in [0.15, 0.2) is 0 Å². The molecule has 0 aliphatic rings. The molecule has 0 amide bonds. The zero-order valence-corrected chi connectivity index (χ0v) is 12.0. The molecule has 0 heterocycles. The van der Waals surface area contributed by atoms with Crippen LogP contribution in [0.2, 0.25) is 0 Å². The van der Waals surface area contributed by atoms with Crippen LogP contribution in [0.4, 0.5) is 0 Å². The Morgan fingerprint density at radius 3 is 2.68 bits per heavy atom. The van der Waals surface area contributed by atoms with Gasteiger partial charge in [-0.3, -0.25) is 0 Å². The SMILES string of the molecule is CCCCC[C@H](C)NCCOC(=O)c1ccccc1. The van der Waals surface area contributed by atoms with Gasteiger partial charge in [0.1, 0.15) is 6.61 Å². The van der Waals surface area contributed by atoms with Crippen molar-refractivity contribution in [3.05, 3.63) is 35.9 Å². The second-order valence-corrected chi connectivity index (χ2v) is 4.85. The van der Waals surface area contributed by atoms with Gasteiger partial charge in [0, 0.05) is 12.6 Å². The summed E-state index contributed by atoms with van der Waals surface area (Å²) in [6.45, 7) is 5.52. The van der Waals surface area contributed by atoms with Crippen LogP contribution in [0.3, 0.4) is 0 Å². The number of carbonyl (C=O) groups is 1. The molecule has 1 rings (SSSR count). The van der Waals surface area contributed by atoms with Gasteiger partial charge in [-0.2, -0.15) is 0 Å². The van der Waals surface area contributed by atoms with Crippen molar-refractivity contribution in [3.8, 4) is 0 Å². The minimum absolute atomic E-state index is 0.249. The van der Waals surface area contributed by atoms with E-state index in [-0.39, 0.29) is 5.97 Å². The van der Waals surface area contributed by atoms with Gasteiger partial charge in [-0.25, -0.2) is 4.79 Å². The average Bonchev–Trinajstić information content (AvgIpc) is 2.44. The molecule has 1 aromatic rings. The first-order valence-electron chi connectivity index (χ1n) is 7.19. The highest BCUT2D eigenvalue weighted by Crippen LogP contribution is 2.03. The van der Waals surface area contributed by atoms with Crippen LogP contribution in [-0.2, 0) is 4.74 Å². The van der Waals surface area contributed by atoms with Crippen LogP contribution in [0.5, 0.6) is 0 Å². The molecule has 0 aliphatic carbocycles. The van der Waals surface area contributed by atoms with Gasteiger partial charge < -0.3 is 10.1 Å². The van der Waals surface area contributed by atoms with Gasteiger partial charge in [-0.1, -0.05) is 44.4 Å². The lowest BCUT2D eigenvalue weighted by atomic mass is 10.1. The van der Waals surface area contributed by atoms with E-state index in [1.165, 1.54) is 25.7 Å². The molecule has 0 spiro atoms. The molecular weight excluding hydrogens is 238 g/mol. The molecule has 0 bridgehead atoms. The molecule has 19 heavy (non-hydrogen) atoms. The number of ether oxygens (including phenoxy) is 1. The maximum Gasteiger partial charge on any atom is 0.338 e. The molecule has 0 radical (unpaired) electrons. The predicted octanol–water partition coefficient (Wildman–Crippen LogP) is 3.40. The topological polar surface area (TPSA) is 38.3 Å². The second kappa shape index (κ2) is 9.56. The quantitative estimate of drug-likeness (QED) is 0.548. The van der Waals surface area contributed by atoms with Crippen molar-refractivity contribution in [3.63, 3.8) is 0 Å². The van der Waals surface area contributed by atoms with Gasteiger partial charge in [-0.15, -0.1) is 0 Å². The van der Waals surface area contributed by atoms with Gasteiger partial charge in [0.05, 0.1) is 5.56 Å². The molecule has 1 aromatic carbocycles. The Balaban J connectivity index is 2.09. The highest BCUT2D eigenvalue weighted by atomic mass is 16.5. The second-order valence-electron chi connectivity index (χ2n) is 4.85. The van der Waals surface area contributed by atoms with Crippen LogP contribution in [0.15, 0.2) is 30.3 Å². The number of benzene rings is 1. The Kier molecular flexibility index (Phi) is 7.91. The molecule has 0 aliphatic heterocycles. The Labute approximate surface area is 116 Å². The van der Waals surface area contributed by atoms with Gasteiger partial charge in [0.25, 0.3) is 0 Å². The summed E-state index contributed by atoms with van der Waals surface area (Å²) in [6, 6.07) is 9.58. The van der Waals surface area contributed by atoms with Crippen molar-refractivity contribution < 1.29 is 9.53 Å². The molecule has 0 unspecified atom stereocenters. The van der Waals surface area contributed by atoms with Crippen molar-refractivity contribution in [2.75, 3.05) is 13.2 Å². The van der Waals surface area contributed by atoms with Crippen LogP contribution in [-0.4, -0.2) is 25.2 Å². The zero-order valence-electron chi connectivity index (χ0n) is 12.0. The Bertz CT molecular complexity index is 351. The Morgan fingerprint density at radius 2 is 2.00 bits per heavy atom. The van der Waals surface area contributed by atoms with Crippen molar-refractivity contribution in [1.82, 2.24) is 5.32 Å². The van der Waals surface area contributed by atoms with E-state index in [1.807, 2.05) is 18.2 Å². The molecule has 1 atom stereocenters. The monoisotopic (exact) mass is 263 g/mol. The molecule has 3 heteroatoms. The lowest BCUT2D eigenvalue weighted by Gasteiger charge is -2.13. The number of unbranched alkanes of at least 4 members (excludes halogenated alkanes) is 2. The summed E-state index contributed by atoms with van der Waals surface area (Å²) in [7, 11) is 0. The molecule has 1 N–H and O–H groups in total. The maximum absolute atomic E-state index is 11.7. The summed E-state index contributed by atoms with van der Waals surface area (Å²) >= 11 is 0. The van der Waals surface area contributed by atoms with E-state index in [4.69, 9.17) is 4.74 Å². The number of rotatable bonds is 9. The maximum atomic E-state index is 11.7. The molecule has 0 saturated carbocycles. The van der Waals surface area contributed by atoms with E-state index < -0.39 is 0 Å². The Hall–Kier alpha value is -1.35. The smallest absolute Gasteiger partial charge is 0.338 e. The minimum Gasteiger partial charge on any atom is -0.461 e. The van der Waals surface area contributed by atoms with Crippen LogP contribution >= 0.6 is 0 Å². The zero-order chi connectivity index (χ0) is 13.9. The molecule has 3 nitrogen and oxygen atoms in total. The van der Waals surface area contributed by atoms with E-state index in [0.717, 1.165) is 0 Å². The molecular formula is C16H25NO2. The lowest BCUT2D eigenvalue weighted by molar-refractivity contribution is 0.0506. The average molecular weight is 263 g/mol. The first kappa shape index (κ1) is 15.7.